The van der Waals surface area contributed by atoms with Crippen LogP contribution in [0.15, 0.2) is 23.1 Å². The first kappa shape index (κ1) is 22.4. The summed E-state index contributed by atoms with van der Waals surface area (Å²) < 4.78 is 26.6. The van der Waals surface area contributed by atoms with Crippen molar-refractivity contribution in [3.05, 3.63) is 28.8 Å². The molecule has 0 bridgehead atoms. The molecule has 146 valence electrons. The van der Waals surface area contributed by atoms with Crippen LogP contribution >= 0.6 is 11.6 Å². The Morgan fingerprint density at radius 3 is 2.35 bits per heavy atom. The number of rotatable bonds is 9. The Balaban J connectivity index is 3.06. The predicted molar refractivity (Wildman–Crippen MR) is 102 cm³/mol. The molecule has 0 unspecified atom stereocenters. The molecule has 0 radical (unpaired) electrons. The minimum Gasteiger partial charge on any atom is -0.354 e. The monoisotopic (exact) mass is 403 g/mol. The minimum absolute atomic E-state index is 0.0437. The zero-order valence-electron chi connectivity index (χ0n) is 15.5. The normalized spacial score (nSPS) is 12.7. The largest absolute Gasteiger partial charge is 0.354 e. The van der Waals surface area contributed by atoms with Crippen molar-refractivity contribution < 1.29 is 18.0 Å². The Morgan fingerprint density at radius 1 is 1.19 bits per heavy atom. The highest BCUT2D eigenvalue weighted by Crippen LogP contribution is 2.25. The molecule has 9 heteroatoms. The molecular weight excluding hydrogens is 378 g/mol. The molecular formula is C17H26ClN3O4S. The van der Waals surface area contributed by atoms with Gasteiger partial charge in [-0.05, 0) is 31.5 Å². The van der Waals surface area contributed by atoms with Crippen LogP contribution in [-0.2, 0) is 14.8 Å². The number of benzene rings is 1. The Morgan fingerprint density at radius 2 is 1.81 bits per heavy atom. The molecule has 0 spiro atoms. The van der Waals surface area contributed by atoms with Gasteiger partial charge in [0.25, 0.3) is 5.91 Å². The summed E-state index contributed by atoms with van der Waals surface area (Å²) in [6.07, 6.45) is 0.788. The zero-order valence-corrected chi connectivity index (χ0v) is 17.1. The summed E-state index contributed by atoms with van der Waals surface area (Å²) in [5.74, 6) is -0.845. The molecule has 0 aliphatic heterocycles. The highest BCUT2D eigenvalue weighted by atomic mass is 35.5. The van der Waals surface area contributed by atoms with Crippen LogP contribution in [0.25, 0.3) is 0 Å². The molecule has 0 aliphatic rings. The van der Waals surface area contributed by atoms with Crippen LogP contribution < -0.4 is 10.6 Å². The molecule has 1 aromatic rings. The van der Waals surface area contributed by atoms with Crippen molar-refractivity contribution in [1.29, 1.82) is 0 Å². The molecule has 1 aromatic carbocycles. The van der Waals surface area contributed by atoms with Gasteiger partial charge in [0.05, 0.1) is 5.02 Å². The van der Waals surface area contributed by atoms with E-state index >= 15 is 0 Å². The van der Waals surface area contributed by atoms with E-state index in [2.05, 4.69) is 10.6 Å². The third-order valence-corrected chi connectivity index (χ3v) is 6.34. The summed E-state index contributed by atoms with van der Waals surface area (Å²) in [6.45, 7) is 8.04. The van der Waals surface area contributed by atoms with Crippen LogP contribution in [-0.4, -0.2) is 50.2 Å². The average Bonchev–Trinajstić information content (AvgIpc) is 2.60. The Kier molecular flexibility index (Phi) is 8.52. The minimum atomic E-state index is -3.80. The van der Waals surface area contributed by atoms with E-state index in [9.17, 15) is 18.0 Å². The van der Waals surface area contributed by atoms with Crippen molar-refractivity contribution in [2.45, 2.75) is 45.1 Å². The summed E-state index contributed by atoms with van der Waals surface area (Å²) in [7, 11) is -3.80. The maximum atomic E-state index is 12.7. The standard InChI is InChI=1S/C17H26ClN3O4S/c1-5-10-19-16(22)12(4)20-17(23)13-8-9-14(18)15(11-13)26(24,25)21(6-2)7-3/h8-9,11-12H,5-7,10H2,1-4H3,(H,19,22)(H,20,23)/t12-/m1/s1. The van der Waals surface area contributed by atoms with Crippen molar-refractivity contribution in [1.82, 2.24) is 14.9 Å². The quantitative estimate of drug-likeness (QED) is 0.659. The van der Waals surface area contributed by atoms with Gasteiger partial charge in [0, 0.05) is 25.2 Å². The number of sulfonamides is 1. The molecule has 1 atom stereocenters. The molecule has 26 heavy (non-hydrogen) atoms. The molecule has 0 fully saturated rings. The zero-order chi connectivity index (χ0) is 19.9. The van der Waals surface area contributed by atoms with Crippen LogP contribution in [0.5, 0.6) is 0 Å². The molecule has 2 amide bonds. The van der Waals surface area contributed by atoms with Crippen molar-refractivity contribution in [3.63, 3.8) is 0 Å². The van der Waals surface area contributed by atoms with Gasteiger partial charge in [-0.3, -0.25) is 9.59 Å². The van der Waals surface area contributed by atoms with Gasteiger partial charge in [-0.2, -0.15) is 4.31 Å². The third-order valence-electron chi connectivity index (χ3n) is 3.81. The molecule has 0 saturated carbocycles. The molecule has 0 aromatic heterocycles. The first-order chi connectivity index (χ1) is 12.2. The van der Waals surface area contributed by atoms with E-state index in [1.54, 1.807) is 20.8 Å². The number of carbonyl (C=O) groups excluding carboxylic acids is 2. The van der Waals surface area contributed by atoms with Crippen molar-refractivity contribution in [2.24, 2.45) is 0 Å². The molecule has 0 aliphatic carbocycles. The summed E-state index contributed by atoms with van der Waals surface area (Å²) in [5.41, 5.74) is 0.121. The summed E-state index contributed by atoms with van der Waals surface area (Å²) >= 11 is 6.06. The summed E-state index contributed by atoms with van der Waals surface area (Å²) in [4.78, 5) is 24.1. The molecule has 0 heterocycles. The van der Waals surface area contributed by atoms with Gasteiger partial charge in [-0.1, -0.05) is 32.4 Å². The lowest BCUT2D eigenvalue weighted by molar-refractivity contribution is -0.122. The summed E-state index contributed by atoms with van der Waals surface area (Å²) in [5, 5.41) is 5.29. The van der Waals surface area contributed by atoms with Gasteiger partial charge >= 0.3 is 0 Å². The maximum absolute atomic E-state index is 12.7. The van der Waals surface area contributed by atoms with E-state index in [4.69, 9.17) is 11.6 Å². The number of nitrogens with one attached hydrogen (secondary N) is 2. The van der Waals surface area contributed by atoms with E-state index < -0.39 is 22.0 Å². The van der Waals surface area contributed by atoms with E-state index in [1.807, 2.05) is 6.92 Å². The second kappa shape index (κ2) is 9.89. The van der Waals surface area contributed by atoms with Gasteiger partial charge in [0.15, 0.2) is 0 Å². The van der Waals surface area contributed by atoms with E-state index in [0.29, 0.717) is 19.6 Å². The summed E-state index contributed by atoms with van der Waals surface area (Å²) in [6, 6.07) is 3.29. The first-order valence-electron chi connectivity index (χ1n) is 8.57. The fourth-order valence-corrected chi connectivity index (χ4v) is 4.25. The topological polar surface area (TPSA) is 95.6 Å². The van der Waals surface area contributed by atoms with Gasteiger partial charge in [0.2, 0.25) is 15.9 Å². The van der Waals surface area contributed by atoms with Crippen molar-refractivity contribution in [2.75, 3.05) is 19.6 Å². The van der Waals surface area contributed by atoms with Crippen LogP contribution in [0.4, 0.5) is 0 Å². The fraction of sp³-hybridized carbons (Fsp3) is 0.529. The predicted octanol–water partition coefficient (Wildman–Crippen LogP) is 2.01. The number of hydrogen-bond donors (Lipinski definition) is 2. The number of hydrogen-bond acceptors (Lipinski definition) is 4. The van der Waals surface area contributed by atoms with Gasteiger partial charge in [-0.25, -0.2) is 8.42 Å². The molecule has 2 N–H and O–H groups in total. The van der Waals surface area contributed by atoms with E-state index in [1.165, 1.54) is 22.5 Å². The smallest absolute Gasteiger partial charge is 0.251 e. The van der Waals surface area contributed by atoms with Gasteiger partial charge in [0.1, 0.15) is 10.9 Å². The number of halogens is 1. The molecule has 1 rings (SSSR count). The lowest BCUT2D eigenvalue weighted by atomic mass is 10.2. The fourth-order valence-electron chi connectivity index (χ4n) is 2.29. The lowest BCUT2D eigenvalue weighted by Gasteiger charge is -2.20. The second-order valence-corrected chi connectivity index (χ2v) is 8.03. The molecule has 0 saturated heterocycles. The van der Waals surface area contributed by atoms with Crippen LogP contribution in [0.3, 0.4) is 0 Å². The first-order valence-corrected chi connectivity index (χ1v) is 10.4. The van der Waals surface area contributed by atoms with Crippen LogP contribution in [0, 0.1) is 0 Å². The maximum Gasteiger partial charge on any atom is 0.251 e. The molecule has 7 nitrogen and oxygen atoms in total. The van der Waals surface area contributed by atoms with E-state index in [0.717, 1.165) is 6.42 Å². The Labute approximate surface area is 160 Å². The van der Waals surface area contributed by atoms with Gasteiger partial charge < -0.3 is 10.6 Å². The number of amides is 2. The third kappa shape index (κ3) is 5.43. The van der Waals surface area contributed by atoms with Crippen molar-refractivity contribution in [3.8, 4) is 0 Å². The number of nitrogens with zero attached hydrogens (tertiary/aromatic N) is 1. The van der Waals surface area contributed by atoms with Crippen molar-refractivity contribution >= 4 is 33.4 Å². The second-order valence-electron chi connectivity index (χ2n) is 5.72. The van der Waals surface area contributed by atoms with Gasteiger partial charge in [-0.15, -0.1) is 0 Å². The lowest BCUT2D eigenvalue weighted by Crippen LogP contribution is -2.45. The number of carbonyl (C=O) groups is 2. The SMILES string of the molecule is CCCNC(=O)[C@@H](C)NC(=O)c1ccc(Cl)c(S(=O)(=O)N(CC)CC)c1. The highest BCUT2D eigenvalue weighted by Gasteiger charge is 2.26. The Hall–Kier alpha value is -1.64. The average molecular weight is 404 g/mol. The van der Waals surface area contributed by atoms with Crippen LogP contribution in [0.2, 0.25) is 5.02 Å². The highest BCUT2D eigenvalue weighted by molar-refractivity contribution is 7.89. The Bertz CT molecular complexity index is 748. The van der Waals surface area contributed by atoms with E-state index in [-0.39, 0.29) is 21.4 Å². The van der Waals surface area contributed by atoms with Crippen LogP contribution in [0.1, 0.15) is 44.5 Å².